The van der Waals surface area contributed by atoms with Gasteiger partial charge in [0.1, 0.15) is 0 Å². The first-order valence-electron chi connectivity index (χ1n) is 5.87. The first-order chi connectivity index (χ1) is 9.56. The van der Waals surface area contributed by atoms with Crippen molar-refractivity contribution < 1.29 is 10.0 Å². The van der Waals surface area contributed by atoms with Gasteiger partial charge in [0.2, 0.25) is 0 Å². The van der Waals surface area contributed by atoms with E-state index in [0.717, 1.165) is 17.3 Å². The van der Waals surface area contributed by atoms with Crippen LogP contribution in [0.4, 0.5) is 11.4 Å². The summed E-state index contributed by atoms with van der Waals surface area (Å²) in [4.78, 5) is 9.95. The van der Waals surface area contributed by atoms with Crippen LogP contribution in [-0.4, -0.2) is 11.1 Å². The van der Waals surface area contributed by atoms with Gasteiger partial charge in [0, 0.05) is 11.6 Å². The van der Waals surface area contributed by atoms with Gasteiger partial charge < -0.3 is 5.11 Å². The normalized spacial score (nSPS) is 10.7. The molecule has 0 aliphatic carbocycles. The van der Waals surface area contributed by atoms with Crippen molar-refractivity contribution in [2.24, 2.45) is 5.10 Å². The average Bonchev–Trinajstić information content (AvgIpc) is 2.40. The maximum absolute atomic E-state index is 11.2. The lowest BCUT2D eigenvalue weighted by molar-refractivity contribution is -0.398. The maximum atomic E-state index is 11.2. The molecular weight excluding hydrogens is 258 g/mol. The van der Waals surface area contributed by atoms with Crippen molar-refractivity contribution in [2.75, 3.05) is 5.43 Å². The smallest absolute Gasteiger partial charge is 0.262 e. The molecule has 0 amide bonds. The molecule has 0 fully saturated rings. The first kappa shape index (κ1) is 13.5. The molecule has 0 aliphatic heterocycles. The number of nitrogens with zero attached hydrogens (tertiary/aromatic N) is 2. The van der Waals surface area contributed by atoms with E-state index in [1.807, 2.05) is 31.2 Å². The summed E-state index contributed by atoms with van der Waals surface area (Å²) < 4.78 is 0. The van der Waals surface area contributed by atoms with Crippen LogP contribution in [-0.2, 0) is 0 Å². The molecule has 6 nitrogen and oxygen atoms in total. The summed E-state index contributed by atoms with van der Waals surface area (Å²) >= 11 is 0. The minimum absolute atomic E-state index is 0.454. The van der Waals surface area contributed by atoms with Crippen LogP contribution in [0.1, 0.15) is 11.1 Å². The third kappa shape index (κ3) is 3.32. The molecule has 0 saturated heterocycles. The number of aryl methyl sites for hydroxylation is 1. The molecule has 0 saturated carbocycles. The van der Waals surface area contributed by atoms with Crippen LogP contribution in [0.15, 0.2) is 47.6 Å². The summed E-state index contributed by atoms with van der Waals surface area (Å²) in [7, 11) is 0. The Hall–Kier alpha value is -2.89. The third-order valence-corrected chi connectivity index (χ3v) is 2.61. The molecular formula is C14H12N3O3-. The highest BCUT2D eigenvalue weighted by molar-refractivity contribution is 5.82. The summed E-state index contributed by atoms with van der Waals surface area (Å²) in [5.41, 5.74) is 4.76. The molecule has 0 aromatic heterocycles. The van der Waals surface area contributed by atoms with E-state index in [0.29, 0.717) is 5.56 Å². The molecule has 2 rings (SSSR count). The van der Waals surface area contributed by atoms with E-state index >= 15 is 0 Å². The van der Waals surface area contributed by atoms with Crippen LogP contribution in [0, 0.1) is 17.0 Å². The van der Waals surface area contributed by atoms with Gasteiger partial charge in [-0.1, -0.05) is 24.3 Å². The van der Waals surface area contributed by atoms with Crippen molar-refractivity contribution in [3.05, 3.63) is 63.7 Å². The molecule has 1 N–H and O–H groups in total. The van der Waals surface area contributed by atoms with Crippen LogP contribution in [0.25, 0.3) is 0 Å². The van der Waals surface area contributed by atoms with Gasteiger partial charge in [-0.25, -0.2) is 0 Å². The minimum atomic E-state index is -0.701. The topological polar surface area (TPSA) is 90.6 Å². The lowest BCUT2D eigenvalue weighted by Gasteiger charge is -2.06. The molecule has 0 spiro atoms. The van der Waals surface area contributed by atoms with Crippen LogP contribution in [0.3, 0.4) is 0 Å². The average molecular weight is 270 g/mol. The quantitative estimate of drug-likeness (QED) is 0.524. The monoisotopic (exact) mass is 270 g/mol. The van der Waals surface area contributed by atoms with Gasteiger partial charge in [-0.3, -0.25) is 15.5 Å². The lowest BCUT2D eigenvalue weighted by Crippen LogP contribution is -1.99. The minimum Gasteiger partial charge on any atom is -0.868 e. The highest BCUT2D eigenvalue weighted by Crippen LogP contribution is 2.22. The van der Waals surface area contributed by atoms with Crippen molar-refractivity contribution in [2.45, 2.75) is 6.92 Å². The van der Waals surface area contributed by atoms with Gasteiger partial charge in [-0.15, -0.1) is 0 Å². The highest BCUT2D eigenvalue weighted by atomic mass is 16.6. The standard InChI is InChI=1S/C14H13N3O3/c1-10-3-2-4-12(7-10)16-15-9-11-5-6-14(18)13(8-11)17(19)20/h2-9,16,18H,1H3/p-1/b15-9-. The van der Waals surface area contributed by atoms with Crippen LogP contribution < -0.4 is 10.5 Å². The number of nitro groups is 1. The third-order valence-electron chi connectivity index (χ3n) is 2.61. The summed E-state index contributed by atoms with van der Waals surface area (Å²) in [5, 5.41) is 25.9. The number of benzene rings is 2. The van der Waals surface area contributed by atoms with Crippen LogP contribution in [0.5, 0.6) is 5.75 Å². The highest BCUT2D eigenvalue weighted by Gasteiger charge is 2.06. The van der Waals surface area contributed by atoms with Crippen molar-refractivity contribution >= 4 is 17.6 Å². The molecule has 0 heterocycles. The van der Waals surface area contributed by atoms with Gasteiger partial charge in [0.15, 0.2) is 0 Å². The van der Waals surface area contributed by atoms with Crippen molar-refractivity contribution in [1.82, 2.24) is 0 Å². The predicted octanol–water partition coefficient (Wildman–Crippen LogP) is 2.42. The Bertz CT molecular complexity index is 668. The zero-order chi connectivity index (χ0) is 14.5. The van der Waals surface area contributed by atoms with Gasteiger partial charge in [-0.05, 0) is 30.4 Å². The molecule has 0 bridgehead atoms. The second-order valence-corrected chi connectivity index (χ2v) is 4.22. The fourth-order valence-corrected chi connectivity index (χ4v) is 1.65. The van der Waals surface area contributed by atoms with Gasteiger partial charge in [0.25, 0.3) is 5.69 Å². The number of nitro benzene ring substituents is 1. The van der Waals surface area contributed by atoms with E-state index in [1.165, 1.54) is 18.3 Å². The molecule has 2 aromatic rings. The Morgan fingerprint density at radius 2 is 2.05 bits per heavy atom. The van der Waals surface area contributed by atoms with E-state index in [2.05, 4.69) is 10.5 Å². The summed E-state index contributed by atoms with van der Waals surface area (Å²) in [6, 6.07) is 11.5. The Balaban J connectivity index is 2.12. The number of rotatable bonds is 4. The number of nitrogens with one attached hydrogen (secondary N) is 1. The van der Waals surface area contributed by atoms with E-state index in [9.17, 15) is 15.2 Å². The fraction of sp³-hybridized carbons (Fsp3) is 0.0714. The van der Waals surface area contributed by atoms with E-state index in [-0.39, 0.29) is 0 Å². The molecule has 0 unspecified atom stereocenters. The Morgan fingerprint density at radius 3 is 2.75 bits per heavy atom. The molecule has 0 aliphatic rings. The summed E-state index contributed by atoms with van der Waals surface area (Å²) in [6.45, 7) is 1.96. The second-order valence-electron chi connectivity index (χ2n) is 4.22. The Labute approximate surface area is 115 Å². The molecule has 20 heavy (non-hydrogen) atoms. The summed E-state index contributed by atoms with van der Waals surface area (Å²) in [6.07, 6.45) is 1.43. The molecule has 0 radical (unpaired) electrons. The van der Waals surface area contributed by atoms with Gasteiger partial charge >= 0.3 is 0 Å². The second kappa shape index (κ2) is 5.83. The largest absolute Gasteiger partial charge is 0.868 e. The zero-order valence-electron chi connectivity index (χ0n) is 10.7. The van der Waals surface area contributed by atoms with Gasteiger partial charge in [0.05, 0.1) is 16.8 Å². The number of hydrogen-bond donors (Lipinski definition) is 1. The van der Waals surface area contributed by atoms with E-state index < -0.39 is 16.4 Å². The lowest BCUT2D eigenvalue weighted by atomic mass is 10.2. The maximum Gasteiger partial charge on any atom is 0.262 e. The fourth-order valence-electron chi connectivity index (χ4n) is 1.65. The van der Waals surface area contributed by atoms with Gasteiger partial charge in [-0.2, -0.15) is 5.10 Å². The van der Waals surface area contributed by atoms with E-state index in [1.54, 1.807) is 0 Å². The van der Waals surface area contributed by atoms with Crippen molar-refractivity contribution in [3.63, 3.8) is 0 Å². The molecule has 2 aromatic carbocycles. The van der Waals surface area contributed by atoms with E-state index in [4.69, 9.17) is 0 Å². The molecule has 6 heteroatoms. The predicted molar refractivity (Wildman–Crippen MR) is 74.9 cm³/mol. The Kier molecular flexibility index (Phi) is 3.95. The number of anilines is 1. The number of hydrazone groups is 1. The van der Waals surface area contributed by atoms with Crippen molar-refractivity contribution in [1.29, 1.82) is 0 Å². The first-order valence-corrected chi connectivity index (χ1v) is 5.87. The van der Waals surface area contributed by atoms with Crippen LogP contribution >= 0.6 is 0 Å². The molecule has 102 valence electrons. The Morgan fingerprint density at radius 1 is 1.25 bits per heavy atom. The number of hydrogen-bond acceptors (Lipinski definition) is 5. The van der Waals surface area contributed by atoms with Crippen LogP contribution in [0.2, 0.25) is 0 Å². The summed E-state index contributed by atoms with van der Waals surface area (Å²) in [5.74, 6) is -0.612. The zero-order valence-corrected chi connectivity index (χ0v) is 10.7. The molecule has 0 atom stereocenters. The van der Waals surface area contributed by atoms with Crippen molar-refractivity contribution in [3.8, 4) is 5.75 Å². The SMILES string of the molecule is Cc1cccc(N/N=C\c2ccc([O-])c([N+](=O)[O-])c2)c1.